The lowest BCUT2D eigenvalue weighted by Crippen LogP contribution is -2.06. The summed E-state index contributed by atoms with van der Waals surface area (Å²) in [4.78, 5) is 0. The Morgan fingerprint density at radius 2 is 2.36 bits per heavy atom. The van der Waals surface area contributed by atoms with Crippen LogP contribution < -0.4 is 0 Å². The van der Waals surface area contributed by atoms with E-state index in [0.717, 1.165) is 5.31 Å². The van der Waals surface area contributed by atoms with Gasteiger partial charge in [0.25, 0.3) is 0 Å². The molecule has 0 aromatic carbocycles. The zero-order chi connectivity index (χ0) is 10.8. The minimum Gasteiger partial charge on any atom is -0.392 e. The van der Waals surface area contributed by atoms with Crippen LogP contribution in [0.1, 0.15) is 33.6 Å². The van der Waals surface area contributed by atoms with Gasteiger partial charge in [0.2, 0.25) is 7.37 Å². The van der Waals surface area contributed by atoms with Crippen LogP contribution in [0.2, 0.25) is 0 Å². The lowest BCUT2D eigenvalue weighted by molar-refractivity contribution is 0.188. The molecule has 14 heavy (non-hydrogen) atoms. The van der Waals surface area contributed by atoms with Crippen LogP contribution in [-0.4, -0.2) is 23.5 Å². The Bertz CT molecular complexity index is 271. The van der Waals surface area contributed by atoms with Crippen molar-refractivity contribution in [2.24, 2.45) is 0 Å². The minimum atomic E-state index is -2.68. The molecule has 0 saturated heterocycles. The summed E-state index contributed by atoms with van der Waals surface area (Å²) in [7, 11) is -2.68. The lowest BCUT2D eigenvalue weighted by Gasteiger charge is -2.23. The van der Waals surface area contributed by atoms with Gasteiger partial charge in [0.05, 0.1) is 12.7 Å². The van der Waals surface area contributed by atoms with Gasteiger partial charge in [-0.3, -0.25) is 4.57 Å². The van der Waals surface area contributed by atoms with Crippen molar-refractivity contribution >= 4 is 7.37 Å². The molecule has 0 fully saturated rings. The Morgan fingerprint density at radius 3 is 2.71 bits per heavy atom. The summed E-state index contributed by atoms with van der Waals surface area (Å²) in [6.07, 6.45) is 2.63. The average molecular weight is 218 g/mol. The van der Waals surface area contributed by atoms with Gasteiger partial charge in [0, 0.05) is 17.4 Å². The van der Waals surface area contributed by atoms with Crippen molar-refractivity contribution < 1.29 is 14.2 Å². The van der Waals surface area contributed by atoms with Gasteiger partial charge < -0.3 is 9.63 Å². The molecular weight excluding hydrogens is 199 g/mol. The number of aliphatic hydroxyl groups is 1. The lowest BCUT2D eigenvalue weighted by atomic mass is 10.3. The van der Waals surface area contributed by atoms with Crippen LogP contribution in [0.15, 0.2) is 11.4 Å². The van der Waals surface area contributed by atoms with Gasteiger partial charge in [-0.15, -0.1) is 0 Å². The third-order valence-corrected chi connectivity index (χ3v) is 5.64. The van der Waals surface area contributed by atoms with Gasteiger partial charge in [-0.2, -0.15) is 0 Å². The molecule has 0 amide bonds. The molecule has 3 nitrogen and oxygen atoms in total. The summed E-state index contributed by atoms with van der Waals surface area (Å²) in [6.45, 7) is 6.12. The van der Waals surface area contributed by atoms with Crippen LogP contribution >= 0.6 is 7.37 Å². The Balaban J connectivity index is 2.84. The first-order chi connectivity index (χ1) is 6.50. The maximum Gasteiger partial charge on any atom is 0.230 e. The predicted molar refractivity (Wildman–Crippen MR) is 57.7 cm³/mol. The number of rotatable bonds is 4. The van der Waals surface area contributed by atoms with Crippen molar-refractivity contribution in [3.63, 3.8) is 0 Å². The summed E-state index contributed by atoms with van der Waals surface area (Å²) in [5, 5.41) is 10.2. The molecule has 1 rings (SSSR count). The van der Waals surface area contributed by atoms with Crippen LogP contribution in [-0.2, 0) is 9.09 Å². The highest BCUT2D eigenvalue weighted by molar-refractivity contribution is 7.64. The molecular formula is C10H19O3P. The highest BCUT2D eigenvalue weighted by Gasteiger charge is 2.35. The zero-order valence-corrected chi connectivity index (χ0v) is 9.96. The molecule has 2 unspecified atom stereocenters. The second-order valence-electron chi connectivity index (χ2n) is 3.90. The van der Waals surface area contributed by atoms with E-state index in [1.54, 1.807) is 0 Å². The van der Waals surface area contributed by atoms with E-state index in [2.05, 4.69) is 0 Å². The van der Waals surface area contributed by atoms with Crippen LogP contribution in [0.25, 0.3) is 0 Å². The Kier molecular flexibility index (Phi) is 3.94. The Morgan fingerprint density at radius 1 is 1.71 bits per heavy atom. The normalized spacial score (nSPS) is 26.4. The Hall–Kier alpha value is -0.110. The molecule has 0 aliphatic heterocycles. The third-order valence-electron chi connectivity index (χ3n) is 2.47. The van der Waals surface area contributed by atoms with Crippen molar-refractivity contribution in [1.29, 1.82) is 0 Å². The molecule has 82 valence electrons. The monoisotopic (exact) mass is 218 g/mol. The fourth-order valence-corrected chi connectivity index (χ4v) is 4.03. The van der Waals surface area contributed by atoms with Gasteiger partial charge >= 0.3 is 0 Å². The van der Waals surface area contributed by atoms with E-state index in [0.29, 0.717) is 19.4 Å². The molecule has 0 saturated carbocycles. The van der Waals surface area contributed by atoms with Crippen molar-refractivity contribution in [1.82, 2.24) is 0 Å². The molecule has 0 heterocycles. The van der Waals surface area contributed by atoms with Crippen molar-refractivity contribution in [3.8, 4) is 0 Å². The SMILES string of the molecule is CCOP(=O)(C1=CCC(O)C1)C(C)C. The summed E-state index contributed by atoms with van der Waals surface area (Å²) >= 11 is 0. The highest BCUT2D eigenvalue weighted by atomic mass is 31.2. The second-order valence-corrected chi connectivity index (χ2v) is 6.96. The van der Waals surface area contributed by atoms with Crippen molar-refractivity contribution in [2.45, 2.75) is 45.4 Å². The molecule has 1 aliphatic rings. The number of hydrogen-bond acceptors (Lipinski definition) is 3. The maximum atomic E-state index is 12.5. The van der Waals surface area contributed by atoms with E-state index in [9.17, 15) is 9.67 Å². The first kappa shape index (κ1) is 12.0. The van der Waals surface area contributed by atoms with Gasteiger partial charge in [0.1, 0.15) is 0 Å². The first-order valence-electron chi connectivity index (χ1n) is 5.12. The molecule has 4 heteroatoms. The molecule has 0 aromatic rings. The third kappa shape index (κ3) is 2.28. The second kappa shape index (κ2) is 4.61. The zero-order valence-electron chi connectivity index (χ0n) is 9.06. The van der Waals surface area contributed by atoms with Crippen molar-refractivity contribution in [2.75, 3.05) is 6.61 Å². The van der Waals surface area contributed by atoms with E-state index >= 15 is 0 Å². The van der Waals surface area contributed by atoms with E-state index in [4.69, 9.17) is 4.52 Å². The molecule has 0 bridgehead atoms. The standard InChI is InChI=1S/C10H19O3P/c1-4-13-14(12,8(2)3)10-6-5-9(11)7-10/h6,8-9,11H,4-5,7H2,1-3H3. The summed E-state index contributed by atoms with van der Waals surface area (Å²) < 4.78 is 17.9. The molecule has 1 N–H and O–H groups in total. The number of hydrogen-bond donors (Lipinski definition) is 1. The van der Waals surface area contributed by atoms with Crippen LogP contribution in [0, 0.1) is 0 Å². The highest BCUT2D eigenvalue weighted by Crippen LogP contribution is 2.61. The predicted octanol–water partition coefficient (Wildman–Crippen LogP) is 2.75. The topological polar surface area (TPSA) is 46.5 Å². The van der Waals surface area contributed by atoms with Crippen LogP contribution in [0.4, 0.5) is 0 Å². The quantitative estimate of drug-likeness (QED) is 0.738. The van der Waals surface area contributed by atoms with E-state index in [-0.39, 0.29) is 11.8 Å². The molecule has 0 spiro atoms. The average Bonchev–Trinajstić information content (AvgIpc) is 2.52. The van der Waals surface area contributed by atoms with Crippen molar-refractivity contribution in [3.05, 3.63) is 11.4 Å². The summed E-state index contributed by atoms with van der Waals surface area (Å²) in [6, 6.07) is 0. The largest absolute Gasteiger partial charge is 0.392 e. The van der Waals surface area contributed by atoms with Gasteiger partial charge in [-0.25, -0.2) is 0 Å². The number of aliphatic hydroxyl groups excluding tert-OH is 1. The van der Waals surface area contributed by atoms with Crippen LogP contribution in [0.3, 0.4) is 0 Å². The summed E-state index contributed by atoms with van der Waals surface area (Å²) in [5.41, 5.74) is -0.000926. The van der Waals surface area contributed by atoms with Gasteiger partial charge in [0.15, 0.2) is 0 Å². The fraction of sp³-hybridized carbons (Fsp3) is 0.800. The molecule has 2 atom stereocenters. The molecule has 0 aromatic heterocycles. The summed E-state index contributed by atoms with van der Waals surface area (Å²) in [5.74, 6) is 0. The Labute approximate surface area is 85.6 Å². The van der Waals surface area contributed by atoms with E-state index in [1.165, 1.54) is 0 Å². The first-order valence-corrected chi connectivity index (χ1v) is 6.82. The van der Waals surface area contributed by atoms with E-state index < -0.39 is 7.37 Å². The van der Waals surface area contributed by atoms with E-state index in [1.807, 2.05) is 26.8 Å². The fourth-order valence-electron chi connectivity index (χ4n) is 1.69. The molecule has 1 aliphatic carbocycles. The minimum absolute atomic E-state index is 0.000926. The van der Waals surface area contributed by atoms with Gasteiger partial charge in [-0.05, 0) is 13.3 Å². The maximum absolute atomic E-state index is 12.5. The van der Waals surface area contributed by atoms with Gasteiger partial charge in [-0.1, -0.05) is 19.9 Å². The molecule has 0 radical (unpaired) electrons. The van der Waals surface area contributed by atoms with Crippen LogP contribution in [0.5, 0.6) is 0 Å². The smallest absolute Gasteiger partial charge is 0.230 e.